The van der Waals surface area contributed by atoms with Crippen molar-refractivity contribution >= 4 is 10.0 Å². The minimum absolute atomic E-state index is 0.0956. The predicted molar refractivity (Wildman–Crippen MR) is 71.1 cm³/mol. The highest BCUT2D eigenvalue weighted by atomic mass is 32.2. The van der Waals surface area contributed by atoms with E-state index >= 15 is 0 Å². The molecule has 0 bridgehead atoms. The van der Waals surface area contributed by atoms with Gasteiger partial charge in [0.05, 0.1) is 17.6 Å². The predicted octanol–water partition coefficient (Wildman–Crippen LogP) is 1.02. The Bertz CT molecular complexity index is 529. The number of aliphatic hydroxyl groups is 1. The van der Waals surface area contributed by atoms with Crippen molar-refractivity contribution < 1.29 is 18.3 Å². The first kappa shape index (κ1) is 14.5. The number of methoxy groups -OCH3 is 1. The van der Waals surface area contributed by atoms with E-state index in [-0.39, 0.29) is 23.6 Å². The molecule has 6 heteroatoms. The van der Waals surface area contributed by atoms with E-state index in [1.54, 1.807) is 25.3 Å². The number of sulfonamides is 1. The molecule has 2 N–H and O–H groups in total. The van der Waals surface area contributed by atoms with Crippen molar-refractivity contribution in [3.63, 3.8) is 0 Å². The Labute approximate surface area is 113 Å². The van der Waals surface area contributed by atoms with Crippen LogP contribution in [0.2, 0.25) is 0 Å². The zero-order valence-electron chi connectivity index (χ0n) is 10.9. The van der Waals surface area contributed by atoms with Crippen LogP contribution in [-0.4, -0.2) is 32.8 Å². The Hall–Kier alpha value is -0.950. The van der Waals surface area contributed by atoms with E-state index in [4.69, 9.17) is 4.74 Å². The van der Waals surface area contributed by atoms with Crippen molar-refractivity contribution in [1.29, 1.82) is 0 Å². The number of benzene rings is 1. The Morgan fingerprint density at radius 3 is 2.74 bits per heavy atom. The van der Waals surface area contributed by atoms with Crippen LogP contribution in [0, 0.1) is 0 Å². The monoisotopic (exact) mass is 285 g/mol. The van der Waals surface area contributed by atoms with Crippen LogP contribution in [0.5, 0.6) is 0 Å². The molecule has 1 aromatic carbocycles. The number of nitrogens with one attached hydrogen (secondary N) is 1. The van der Waals surface area contributed by atoms with Crippen molar-refractivity contribution in [3.8, 4) is 0 Å². The lowest BCUT2D eigenvalue weighted by Gasteiger charge is -2.15. The SMILES string of the molecule is COC1CCC(NS(=O)(=O)c2ccccc2CO)C1. The molecule has 0 spiro atoms. The lowest BCUT2D eigenvalue weighted by molar-refractivity contribution is 0.107. The molecular weight excluding hydrogens is 266 g/mol. The molecule has 0 amide bonds. The van der Waals surface area contributed by atoms with E-state index in [2.05, 4.69) is 4.72 Å². The summed E-state index contributed by atoms with van der Waals surface area (Å²) in [6, 6.07) is 6.39. The van der Waals surface area contributed by atoms with Gasteiger partial charge in [-0.2, -0.15) is 0 Å². The highest BCUT2D eigenvalue weighted by Crippen LogP contribution is 2.24. The highest BCUT2D eigenvalue weighted by Gasteiger charge is 2.29. The Kier molecular flexibility index (Phi) is 4.57. The normalized spacial score (nSPS) is 23.7. The van der Waals surface area contributed by atoms with Gasteiger partial charge in [0.1, 0.15) is 0 Å². The van der Waals surface area contributed by atoms with E-state index in [1.807, 2.05) is 0 Å². The van der Waals surface area contributed by atoms with Crippen molar-refractivity contribution in [3.05, 3.63) is 29.8 Å². The average molecular weight is 285 g/mol. The van der Waals surface area contributed by atoms with Crippen LogP contribution < -0.4 is 4.72 Å². The van der Waals surface area contributed by atoms with Crippen LogP contribution >= 0.6 is 0 Å². The summed E-state index contributed by atoms with van der Waals surface area (Å²) in [6.45, 7) is -0.289. The van der Waals surface area contributed by atoms with Gasteiger partial charge in [-0.15, -0.1) is 0 Å². The number of hydrogen-bond acceptors (Lipinski definition) is 4. The molecule has 2 unspecified atom stereocenters. The van der Waals surface area contributed by atoms with Crippen molar-refractivity contribution in [2.24, 2.45) is 0 Å². The lowest BCUT2D eigenvalue weighted by atomic mass is 10.2. The van der Waals surface area contributed by atoms with Crippen LogP contribution in [0.3, 0.4) is 0 Å². The number of ether oxygens (including phenoxy) is 1. The van der Waals surface area contributed by atoms with Gasteiger partial charge in [-0.25, -0.2) is 13.1 Å². The minimum atomic E-state index is -3.58. The summed E-state index contributed by atoms with van der Waals surface area (Å²) in [5.74, 6) is 0. The third-order valence-corrected chi connectivity index (χ3v) is 5.09. The van der Waals surface area contributed by atoms with Gasteiger partial charge < -0.3 is 9.84 Å². The van der Waals surface area contributed by atoms with E-state index in [9.17, 15) is 13.5 Å². The molecule has 1 saturated carbocycles. The van der Waals surface area contributed by atoms with Gasteiger partial charge in [0, 0.05) is 13.2 Å². The van der Waals surface area contributed by atoms with Gasteiger partial charge in [-0.05, 0) is 30.9 Å². The van der Waals surface area contributed by atoms with Crippen molar-refractivity contribution in [2.75, 3.05) is 7.11 Å². The fraction of sp³-hybridized carbons (Fsp3) is 0.538. The number of hydrogen-bond donors (Lipinski definition) is 2. The molecule has 0 aliphatic heterocycles. The molecule has 0 heterocycles. The van der Waals surface area contributed by atoms with E-state index in [0.717, 1.165) is 12.8 Å². The molecule has 106 valence electrons. The number of rotatable bonds is 5. The van der Waals surface area contributed by atoms with E-state index in [1.165, 1.54) is 6.07 Å². The zero-order valence-corrected chi connectivity index (χ0v) is 11.7. The van der Waals surface area contributed by atoms with Gasteiger partial charge in [0.2, 0.25) is 10.0 Å². The first-order valence-corrected chi connectivity index (χ1v) is 7.79. The summed E-state index contributed by atoms with van der Waals surface area (Å²) in [6.07, 6.45) is 2.46. The lowest BCUT2D eigenvalue weighted by Crippen LogP contribution is -2.34. The summed E-state index contributed by atoms with van der Waals surface area (Å²) >= 11 is 0. The van der Waals surface area contributed by atoms with Gasteiger partial charge in [0.25, 0.3) is 0 Å². The van der Waals surface area contributed by atoms with Crippen LogP contribution in [0.15, 0.2) is 29.2 Å². The molecule has 2 atom stereocenters. The highest BCUT2D eigenvalue weighted by molar-refractivity contribution is 7.89. The maximum absolute atomic E-state index is 12.3. The first-order chi connectivity index (χ1) is 9.06. The second-order valence-electron chi connectivity index (χ2n) is 4.75. The van der Waals surface area contributed by atoms with Crippen LogP contribution in [-0.2, 0) is 21.4 Å². The van der Waals surface area contributed by atoms with Gasteiger partial charge in [-0.3, -0.25) is 0 Å². The maximum atomic E-state index is 12.3. The fourth-order valence-corrected chi connectivity index (χ4v) is 3.96. The topological polar surface area (TPSA) is 75.6 Å². The van der Waals surface area contributed by atoms with Crippen LogP contribution in [0.1, 0.15) is 24.8 Å². The Balaban J connectivity index is 2.15. The smallest absolute Gasteiger partial charge is 0.241 e. The Morgan fingerprint density at radius 1 is 1.37 bits per heavy atom. The molecule has 19 heavy (non-hydrogen) atoms. The quantitative estimate of drug-likeness (QED) is 0.847. The van der Waals surface area contributed by atoms with E-state index in [0.29, 0.717) is 12.0 Å². The third-order valence-electron chi connectivity index (χ3n) is 3.47. The molecule has 0 saturated heterocycles. The van der Waals surface area contributed by atoms with Crippen LogP contribution in [0.25, 0.3) is 0 Å². The summed E-state index contributed by atoms with van der Waals surface area (Å²) < 4.78 is 32.5. The summed E-state index contributed by atoms with van der Waals surface area (Å²) in [5.41, 5.74) is 0.413. The molecule has 1 aromatic rings. The molecular formula is C13H19NO4S. The summed E-state index contributed by atoms with van der Waals surface area (Å²) in [5, 5.41) is 9.21. The second kappa shape index (κ2) is 6.00. The standard InChI is InChI=1S/C13H19NO4S/c1-18-12-7-6-11(8-12)14-19(16,17)13-5-3-2-4-10(13)9-15/h2-5,11-12,14-15H,6-9H2,1H3. The molecule has 0 aromatic heterocycles. The maximum Gasteiger partial charge on any atom is 0.241 e. The largest absolute Gasteiger partial charge is 0.392 e. The Morgan fingerprint density at radius 2 is 2.11 bits per heavy atom. The van der Waals surface area contributed by atoms with Crippen LogP contribution in [0.4, 0.5) is 0 Å². The average Bonchev–Trinajstić information content (AvgIpc) is 2.85. The second-order valence-corrected chi connectivity index (χ2v) is 6.44. The minimum Gasteiger partial charge on any atom is -0.392 e. The van der Waals surface area contributed by atoms with Crippen molar-refractivity contribution in [1.82, 2.24) is 4.72 Å². The fourth-order valence-electron chi connectivity index (χ4n) is 2.44. The van der Waals surface area contributed by atoms with Crippen molar-refractivity contribution in [2.45, 2.75) is 42.9 Å². The molecule has 1 aliphatic carbocycles. The molecule has 1 fully saturated rings. The van der Waals surface area contributed by atoms with E-state index < -0.39 is 10.0 Å². The number of aliphatic hydroxyl groups excluding tert-OH is 1. The van der Waals surface area contributed by atoms with Gasteiger partial charge in [0.15, 0.2) is 0 Å². The van der Waals surface area contributed by atoms with Gasteiger partial charge in [-0.1, -0.05) is 18.2 Å². The molecule has 5 nitrogen and oxygen atoms in total. The molecule has 2 rings (SSSR count). The zero-order chi connectivity index (χ0) is 13.9. The third kappa shape index (κ3) is 3.33. The molecule has 0 radical (unpaired) electrons. The first-order valence-electron chi connectivity index (χ1n) is 6.30. The summed E-state index contributed by atoms with van der Waals surface area (Å²) in [4.78, 5) is 0.151. The molecule has 1 aliphatic rings. The van der Waals surface area contributed by atoms with Gasteiger partial charge >= 0.3 is 0 Å². The summed E-state index contributed by atoms with van der Waals surface area (Å²) in [7, 11) is -1.94.